The molecule has 0 bridgehead atoms. The molecule has 0 unspecified atom stereocenters. The molecule has 1 N–H and O–H groups in total. The zero-order valence-electron chi connectivity index (χ0n) is 6.06. The van der Waals surface area contributed by atoms with Gasteiger partial charge in [-0.2, -0.15) is 0 Å². The molecule has 0 aliphatic carbocycles. The smallest absolute Gasteiger partial charge is 0.159 e. The first-order chi connectivity index (χ1) is 4.91. The molecule has 0 radical (unpaired) electrons. The Hall–Kier alpha value is 0.170. The van der Waals surface area contributed by atoms with Crippen LogP contribution in [0.5, 0.6) is 0 Å². The van der Waals surface area contributed by atoms with E-state index in [9.17, 15) is 5.11 Å². The topological polar surface area (TPSA) is 33.1 Å². The van der Waals surface area contributed by atoms with Crippen molar-refractivity contribution in [2.24, 2.45) is 0 Å². The number of halogens is 2. The molecule has 1 aromatic heterocycles. The number of rotatable bonds is 1. The summed E-state index contributed by atoms with van der Waals surface area (Å²) >= 11 is 12.4. The van der Waals surface area contributed by atoms with E-state index in [0.29, 0.717) is 9.34 Å². The molecule has 0 amide bonds. The molecule has 5 heteroatoms. The van der Waals surface area contributed by atoms with Crippen LogP contribution in [-0.4, -0.2) is 10.1 Å². The number of nitrogens with zero attached hydrogens (tertiary/aromatic N) is 1. The van der Waals surface area contributed by atoms with Gasteiger partial charge in [0.2, 0.25) is 0 Å². The molecule has 0 spiro atoms. The Morgan fingerprint density at radius 1 is 1.45 bits per heavy atom. The van der Waals surface area contributed by atoms with Gasteiger partial charge >= 0.3 is 0 Å². The maximum absolute atomic E-state index is 9.46. The summed E-state index contributed by atoms with van der Waals surface area (Å²) in [6, 6.07) is 0. The summed E-state index contributed by atoms with van der Waals surface area (Å²) in [6.07, 6.45) is 0. The van der Waals surface area contributed by atoms with E-state index in [1.807, 2.05) is 0 Å². The Morgan fingerprint density at radius 3 is 2.18 bits per heavy atom. The standard InChI is InChI=1S/C6H7Cl2NOS/c1-6(2,10)5-9-3(7)4(8)11-5/h10H,1-2H3. The second-order valence-corrected chi connectivity index (χ2v) is 4.60. The maximum atomic E-state index is 9.46. The number of hydrogen-bond acceptors (Lipinski definition) is 3. The molecular formula is C6H7Cl2NOS. The minimum Gasteiger partial charge on any atom is -0.383 e. The minimum absolute atomic E-state index is 0.258. The first-order valence-corrected chi connectivity index (χ1v) is 4.53. The largest absolute Gasteiger partial charge is 0.383 e. The molecule has 2 nitrogen and oxygen atoms in total. The fourth-order valence-electron chi connectivity index (χ4n) is 0.545. The molecule has 1 rings (SSSR count). The van der Waals surface area contributed by atoms with E-state index < -0.39 is 5.60 Å². The van der Waals surface area contributed by atoms with Gasteiger partial charge < -0.3 is 5.11 Å². The highest BCUT2D eigenvalue weighted by Crippen LogP contribution is 2.33. The van der Waals surface area contributed by atoms with E-state index in [0.717, 1.165) is 0 Å². The van der Waals surface area contributed by atoms with E-state index in [1.165, 1.54) is 11.3 Å². The maximum Gasteiger partial charge on any atom is 0.159 e. The summed E-state index contributed by atoms with van der Waals surface area (Å²) < 4.78 is 0.420. The molecule has 0 atom stereocenters. The average Bonchev–Trinajstić information content (AvgIpc) is 2.11. The summed E-state index contributed by atoms with van der Waals surface area (Å²) in [5.74, 6) is 0. The van der Waals surface area contributed by atoms with E-state index in [2.05, 4.69) is 4.98 Å². The van der Waals surface area contributed by atoms with Gasteiger partial charge in [-0.25, -0.2) is 4.98 Å². The van der Waals surface area contributed by atoms with Gasteiger partial charge in [0.15, 0.2) is 5.15 Å². The molecular weight excluding hydrogens is 205 g/mol. The predicted molar refractivity (Wildman–Crippen MR) is 47.4 cm³/mol. The van der Waals surface area contributed by atoms with E-state index in [-0.39, 0.29) is 5.15 Å². The average molecular weight is 212 g/mol. The molecule has 62 valence electrons. The molecule has 1 aromatic rings. The van der Waals surface area contributed by atoms with Crippen LogP contribution in [0.25, 0.3) is 0 Å². The van der Waals surface area contributed by atoms with E-state index in [4.69, 9.17) is 23.2 Å². The molecule has 0 aliphatic heterocycles. The van der Waals surface area contributed by atoms with Crippen LogP contribution in [0, 0.1) is 0 Å². The highest BCUT2D eigenvalue weighted by atomic mass is 35.5. The molecule has 0 saturated heterocycles. The lowest BCUT2D eigenvalue weighted by Gasteiger charge is -2.11. The highest BCUT2D eigenvalue weighted by molar-refractivity contribution is 7.16. The predicted octanol–water partition coefficient (Wildman–Crippen LogP) is 2.68. The van der Waals surface area contributed by atoms with Crippen molar-refractivity contribution < 1.29 is 5.11 Å². The summed E-state index contributed by atoms with van der Waals surface area (Å²) in [5.41, 5.74) is -0.957. The first kappa shape index (κ1) is 9.26. The lowest BCUT2D eigenvalue weighted by molar-refractivity contribution is 0.0783. The minimum atomic E-state index is -0.957. The monoisotopic (exact) mass is 211 g/mol. The van der Waals surface area contributed by atoms with Gasteiger partial charge in [-0.3, -0.25) is 0 Å². The molecule has 0 aliphatic rings. The summed E-state index contributed by atoms with van der Waals surface area (Å²) in [4.78, 5) is 3.88. The third-order valence-corrected chi connectivity index (χ3v) is 3.12. The Labute approximate surface area is 78.8 Å². The highest BCUT2D eigenvalue weighted by Gasteiger charge is 2.21. The SMILES string of the molecule is CC(C)(O)c1nc(Cl)c(Cl)s1. The fourth-order valence-corrected chi connectivity index (χ4v) is 1.74. The number of aliphatic hydroxyl groups is 1. The lowest BCUT2D eigenvalue weighted by atomic mass is 10.2. The van der Waals surface area contributed by atoms with Gasteiger partial charge in [0.1, 0.15) is 14.9 Å². The molecule has 1 heterocycles. The van der Waals surface area contributed by atoms with Crippen molar-refractivity contribution in [3.8, 4) is 0 Å². The first-order valence-electron chi connectivity index (χ1n) is 2.96. The van der Waals surface area contributed by atoms with Gasteiger partial charge in [0.05, 0.1) is 0 Å². The Bertz CT molecular complexity index is 247. The van der Waals surface area contributed by atoms with Crippen LogP contribution in [0.3, 0.4) is 0 Å². The third-order valence-electron chi connectivity index (χ3n) is 1.07. The van der Waals surface area contributed by atoms with Crippen molar-refractivity contribution in [2.45, 2.75) is 19.4 Å². The number of thiazole rings is 1. The Kier molecular flexibility index (Phi) is 2.44. The Balaban J connectivity index is 3.08. The van der Waals surface area contributed by atoms with Crippen LogP contribution < -0.4 is 0 Å². The summed E-state index contributed by atoms with van der Waals surface area (Å²) in [5, 5.41) is 10.3. The Morgan fingerprint density at radius 2 is 2.00 bits per heavy atom. The van der Waals surface area contributed by atoms with Crippen molar-refractivity contribution in [3.63, 3.8) is 0 Å². The van der Waals surface area contributed by atoms with Crippen LogP contribution >= 0.6 is 34.5 Å². The van der Waals surface area contributed by atoms with Gasteiger partial charge in [0, 0.05) is 0 Å². The number of aromatic nitrogens is 1. The van der Waals surface area contributed by atoms with Crippen LogP contribution in [-0.2, 0) is 5.60 Å². The molecule has 0 fully saturated rings. The van der Waals surface area contributed by atoms with Crippen molar-refractivity contribution in [3.05, 3.63) is 14.5 Å². The van der Waals surface area contributed by atoms with Crippen LogP contribution in [0.1, 0.15) is 18.9 Å². The molecule has 0 saturated carbocycles. The van der Waals surface area contributed by atoms with Crippen molar-refractivity contribution in [2.75, 3.05) is 0 Å². The zero-order valence-corrected chi connectivity index (χ0v) is 8.39. The quantitative estimate of drug-likeness (QED) is 0.776. The van der Waals surface area contributed by atoms with Crippen LogP contribution in [0.2, 0.25) is 9.49 Å². The van der Waals surface area contributed by atoms with Crippen LogP contribution in [0.4, 0.5) is 0 Å². The van der Waals surface area contributed by atoms with Crippen molar-refractivity contribution in [1.82, 2.24) is 4.98 Å². The lowest BCUT2D eigenvalue weighted by Crippen LogP contribution is -2.14. The molecule has 11 heavy (non-hydrogen) atoms. The second kappa shape index (κ2) is 2.90. The van der Waals surface area contributed by atoms with E-state index in [1.54, 1.807) is 13.8 Å². The fraction of sp³-hybridized carbons (Fsp3) is 0.500. The normalized spacial score (nSPS) is 12.1. The summed E-state index contributed by atoms with van der Waals surface area (Å²) in [7, 11) is 0. The third kappa shape index (κ3) is 2.06. The van der Waals surface area contributed by atoms with Crippen molar-refractivity contribution >= 4 is 34.5 Å². The van der Waals surface area contributed by atoms with Crippen LogP contribution in [0.15, 0.2) is 0 Å². The van der Waals surface area contributed by atoms with Gasteiger partial charge in [-0.05, 0) is 13.8 Å². The van der Waals surface area contributed by atoms with Gasteiger partial charge in [-0.15, -0.1) is 11.3 Å². The van der Waals surface area contributed by atoms with Crippen molar-refractivity contribution in [1.29, 1.82) is 0 Å². The number of hydrogen-bond donors (Lipinski definition) is 1. The van der Waals surface area contributed by atoms with Gasteiger partial charge in [-0.1, -0.05) is 23.2 Å². The second-order valence-electron chi connectivity index (χ2n) is 2.64. The van der Waals surface area contributed by atoms with E-state index >= 15 is 0 Å². The zero-order chi connectivity index (χ0) is 8.65. The molecule has 0 aromatic carbocycles. The van der Waals surface area contributed by atoms with Gasteiger partial charge in [0.25, 0.3) is 0 Å². The summed E-state index contributed by atoms with van der Waals surface area (Å²) in [6.45, 7) is 3.27.